The lowest BCUT2D eigenvalue weighted by Crippen LogP contribution is -2.33. The second-order valence-corrected chi connectivity index (χ2v) is 8.55. The summed E-state index contributed by atoms with van der Waals surface area (Å²) >= 11 is 3.39. The molecule has 1 aliphatic carbocycles. The highest BCUT2D eigenvalue weighted by Crippen LogP contribution is 2.28. The number of hydrogen-bond donors (Lipinski definition) is 2. The fourth-order valence-corrected chi connectivity index (χ4v) is 4.08. The summed E-state index contributed by atoms with van der Waals surface area (Å²) in [5, 5.41) is 3.13. The molecule has 0 saturated heterocycles. The van der Waals surface area contributed by atoms with E-state index in [1.54, 1.807) is 12.4 Å². The third kappa shape index (κ3) is 4.53. The number of nitrogens with zero attached hydrogens (tertiary/aromatic N) is 1. The summed E-state index contributed by atoms with van der Waals surface area (Å²) in [5.41, 5.74) is 1.85. The molecule has 3 rings (SSSR count). The van der Waals surface area contributed by atoms with Crippen LogP contribution < -0.4 is 10.0 Å². The van der Waals surface area contributed by atoms with Crippen molar-refractivity contribution >= 4 is 31.6 Å². The van der Waals surface area contributed by atoms with Crippen molar-refractivity contribution in [2.75, 3.05) is 11.9 Å². The monoisotopic (exact) mass is 395 g/mol. The molecule has 1 fully saturated rings. The number of rotatable bonds is 7. The minimum absolute atomic E-state index is 0.166. The van der Waals surface area contributed by atoms with E-state index in [0.29, 0.717) is 6.54 Å². The smallest absolute Gasteiger partial charge is 0.214 e. The Morgan fingerprint density at radius 2 is 1.96 bits per heavy atom. The van der Waals surface area contributed by atoms with Crippen molar-refractivity contribution < 1.29 is 8.42 Å². The zero-order valence-corrected chi connectivity index (χ0v) is 14.8. The molecule has 0 aliphatic heterocycles. The molecule has 1 aromatic carbocycles. The van der Waals surface area contributed by atoms with Crippen LogP contribution in [0.3, 0.4) is 0 Å². The fourth-order valence-electron chi connectivity index (χ4n) is 2.33. The van der Waals surface area contributed by atoms with Gasteiger partial charge in [-0.1, -0.05) is 30.3 Å². The molecule has 0 bridgehead atoms. The van der Waals surface area contributed by atoms with Gasteiger partial charge >= 0.3 is 0 Å². The molecule has 5 nitrogen and oxygen atoms in total. The lowest BCUT2D eigenvalue weighted by molar-refractivity contribution is 0.574. The molecule has 0 amide bonds. The second-order valence-electron chi connectivity index (χ2n) is 5.59. The fraction of sp³-hybridized carbons (Fsp3) is 0.312. The summed E-state index contributed by atoms with van der Waals surface area (Å²) in [7, 11) is -3.21. The highest BCUT2D eigenvalue weighted by Gasteiger charge is 2.35. The summed E-state index contributed by atoms with van der Waals surface area (Å²) in [6.07, 6.45) is 4.94. The molecule has 0 radical (unpaired) electrons. The summed E-state index contributed by atoms with van der Waals surface area (Å²) in [4.78, 5) is 4.13. The molecule has 2 aromatic rings. The predicted molar refractivity (Wildman–Crippen MR) is 94.7 cm³/mol. The number of nitrogens with one attached hydrogen (secondary N) is 2. The van der Waals surface area contributed by atoms with Crippen LogP contribution in [0.15, 0.2) is 53.3 Å². The van der Waals surface area contributed by atoms with E-state index in [-0.39, 0.29) is 11.3 Å². The maximum absolute atomic E-state index is 12.1. The van der Waals surface area contributed by atoms with Crippen molar-refractivity contribution in [1.82, 2.24) is 9.71 Å². The van der Waals surface area contributed by atoms with Crippen molar-refractivity contribution in [2.45, 2.75) is 24.1 Å². The first-order valence-corrected chi connectivity index (χ1v) is 9.79. The third-order valence-electron chi connectivity index (χ3n) is 3.70. The first-order chi connectivity index (χ1) is 11.0. The van der Waals surface area contributed by atoms with Gasteiger partial charge in [-0.05, 0) is 40.4 Å². The number of halogens is 1. The average molecular weight is 396 g/mol. The number of benzene rings is 1. The van der Waals surface area contributed by atoms with Crippen LogP contribution in [0.25, 0.3) is 0 Å². The van der Waals surface area contributed by atoms with Crippen molar-refractivity contribution in [3.63, 3.8) is 0 Å². The van der Waals surface area contributed by atoms with Crippen LogP contribution in [-0.4, -0.2) is 25.2 Å². The molecule has 1 heterocycles. The Morgan fingerprint density at radius 1 is 1.22 bits per heavy atom. The van der Waals surface area contributed by atoms with Gasteiger partial charge in [0.2, 0.25) is 10.0 Å². The molecule has 1 saturated carbocycles. The quantitative estimate of drug-likeness (QED) is 0.755. The number of pyridine rings is 1. The number of hydrogen-bond acceptors (Lipinski definition) is 4. The molecule has 1 unspecified atom stereocenters. The Hall–Kier alpha value is -1.44. The zero-order valence-electron chi connectivity index (χ0n) is 12.4. The van der Waals surface area contributed by atoms with E-state index in [1.165, 1.54) is 0 Å². The number of sulfonamides is 1. The highest BCUT2D eigenvalue weighted by atomic mass is 79.9. The van der Waals surface area contributed by atoms with Gasteiger partial charge in [0, 0.05) is 17.2 Å². The Kier molecular flexibility index (Phi) is 4.99. The maximum atomic E-state index is 12.1. The van der Waals surface area contributed by atoms with Gasteiger partial charge < -0.3 is 5.32 Å². The Bertz CT molecular complexity index is 764. The van der Waals surface area contributed by atoms with Gasteiger partial charge in [0.15, 0.2) is 0 Å². The van der Waals surface area contributed by atoms with Crippen LogP contribution in [0.5, 0.6) is 0 Å². The SMILES string of the molecule is O=S(=O)(NCC(Nc1cncc(Br)c1)c1ccccc1)C1CC1. The van der Waals surface area contributed by atoms with Gasteiger partial charge in [0.25, 0.3) is 0 Å². The summed E-state index contributed by atoms with van der Waals surface area (Å²) in [6, 6.07) is 11.5. The van der Waals surface area contributed by atoms with Gasteiger partial charge in [-0.25, -0.2) is 13.1 Å². The first-order valence-electron chi connectivity index (χ1n) is 7.45. The van der Waals surface area contributed by atoms with E-state index in [9.17, 15) is 8.42 Å². The standard InChI is InChI=1S/C16H18BrN3O2S/c17-13-8-14(10-18-9-13)20-16(12-4-2-1-3-5-12)11-19-23(21,22)15-6-7-15/h1-5,8-10,15-16,19-20H,6-7,11H2. The molecule has 1 atom stereocenters. The molecule has 0 spiro atoms. The average Bonchev–Trinajstić information content (AvgIpc) is 3.38. The van der Waals surface area contributed by atoms with Crippen LogP contribution in [0.2, 0.25) is 0 Å². The number of aromatic nitrogens is 1. The third-order valence-corrected chi connectivity index (χ3v) is 6.05. The van der Waals surface area contributed by atoms with E-state index in [2.05, 4.69) is 31.0 Å². The first kappa shape index (κ1) is 16.4. The Labute approximate surface area is 144 Å². The maximum Gasteiger partial charge on any atom is 0.214 e. The van der Waals surface area contributed by atoms with Gasteiger partial charge in [-0.2, -0.15) is 0 Å². The topological polar surface area (TPSA) is 71.1 Å². The lowest BCUT2D eigenvalue weighted by atomic mass is 10.1. The van der Waals surface area contributed by atoms with Gasteiger partial charge in [0.05, 0.1) is 23.2 Å². The summed E-state index contributed by atoms with van der Waals surface area (Å²) in [6.45, 7) is 0.301. The van der Waals surface area contributed by atoms with E-state index in [4.69, 9.17) is 0 Å². The summed E-state index contributed by atoms with van der Waals surface area (Å²) in [5.74, 6) is 0. The van der Waals surface area contributed by atoms with Crippen molar-refractivity contribution in [1.29, 1.82) is 0 Å². The summed E-state index contributed by atoms with van der Waals surface area (Å²) < 4.78 is 27.8. The highest BCUT2D eigenvalue weighted by molar-refractivity contribution is 9.10. The van der Waals surface area contributed by atoms with Crippen LogP contribution >= 0.6 is 15.9 Å². The lowest BCUT2D eigenvalue weighted by Gasteiger charge is -2.21. The molecule has 1 aromatic heterocycles. The minimum Gasteiger partial charge on any atom is -0.376 e. The van der Waals surface area contributed by atoms with Crippen molar-refractivity contribution in [3.05, 3.63) is 58.8 Å². The number of anilines is 1. The minimum atomic E-state index is -3.21. The normalized spacial score (nSPS) is 16.0. The zero-order chi connectivity index (χ0) is 16.3. The van der Waals surface area contributed by atoms with Crippen LogP contribution in [0.4, 0.5) is 5.69 Å². The molecular formula is C16H18BrN3O2S. The predicted octanol–water partition coefficient (Wildman–Crippen LogP) is 3.08. The van der Waals surface area contributed by atoms with Gasteiger partial charge in [-0.3, -0.25) is 4.98 Å². The molecule has 7 heteroatoms. The van der Waals surface area contributed by atoms with E-state index >= 15 is 0 Å². The molecule has 2 N–H and O–H groups in total. The van der Waals surface area contributed by atoms with Gasteiger partial charge in [0.1, 0.15) is 0 Å². The van der Waals surface area contributed by atoms with Crippen LogP contribution in [0, 0.1) is 0 Å². The van der Waals surface area contributed by atoms with Gasteiger partial charge in [-0.15, -0.1) is 0 Å². The molecule has 1 aliphatic rings. The van der Waals surface area contributed by atoms with Crippen molar-refractivity contribution in [3.8, 4) is 0 Å². The van der Waals surface area contributed by atoms with Crippen molar-refractivity contribution in [2.24, 2.45) is 0 Å². The molecule has 23 heavy (non-hydrogen) atoms. The molecular weight excluding hydrogens is 378 g/mol. The molecule has 122 valence electrons. The van der Waals surface area contributed by atoms with E-state index in [0.717, 1.165) is 28.6 Å². The van der Waals surface area contributed by atoms with E-state index < -0.39 is 10.0 Å². The Balaban J connectivity index is 1.76. The Morgan fingerprint density at radius 3 is 2.61 bits per heavy atom. The largest absolute Gasteiger partial charge is 0.376 e. The van der Waals surface area contributed by atoms with E-state index in [1.807, 2.05) is 36.4 Å². The van der Waals surface area contributed by atoms with Crippen LogP contribution in [0.1, 0.15) is 24.4 Å². The van der Waals surface area contributed by atoms with Crippen LogP contribution in [-0.2, 0) is 10.0 Å². The second kappa shape index (κ2) is 6.98.